The van der Waals surface area contributed by atoms with E-state index < -0.39 is 0 Å². The van der Waals surface area contributed by atoms with E-state index >= 15 is 0 Å². The van der Waals surface area contributed by atoms with Crippen molar-refractivity contribution in [3.8, 4) is 5.75 Å². The Morgan fingerprint density at radius 3 is 2.95 bits per heavy atom. The number of rotatable bonds is 7. The fraction of sp³-hybridized carbons (Fsp3) is 0.562. The van der Waals surface area contributed by atoms with Crippen molar-refractivity contribution in [2.45, 2.75) is 38.1 Å². The highest BCUT2D eigenvalue weighted by Gasteiger charge is 2.26. The summed E-state index contributed by atoms with van der Waals surface area (Å²) in [5.41, 5.74) is 5.72. The second-order valence-corrected chi connectivity index (χ2v) is 5.89. The number of hydrogen-bond acceptors (Lipinski definition) is 3. The molecule has 116 valence electrons. The Morgan fingerprint density at radius 1 is 1.38 bits per heavy atom. The van der Waals surface area contributed by atoms with Crippen LogP contribution >= 0.6 is 11.6 Å². The molecule has 0 radical (unpaired) electrons. The number of para-hydroxylation sites is 1. The van der Waals surface area contributed by atoms with E-state index in [1.54, 1.807) is 6.07 Å². The summed E-state index contributed by atoms with van der Waals surface area (Å²) in [7, 11) is 0. The Bertz CT molecular complexity index is 467. The minimum atomic E-state index is 0.0862. The van der Waals surface area contributed by atoms with Gasteiger partial charge in [-0.2, -0.15) is 0 Å². The number of benzene rings is 1. The predicted octanol–water partition coefficient (Wildman–Crippen LogP) is 2.74. The van der Waals surface area contributed by atoms with Crippen LogP contribution in [0.1, 0.15) is 32.1 Å². The van der Waals surface area contributed by atoms with Gasteiger partial charge in [-0.15, -0.1) is 0 Å². The highest BCUT2D eigenvalue weighted by Crippen LogP contribution is 2.25. The van der Waals surface area contributed by atoms with E-state index in [0.29, 0.717) is 42.7 Å². The SMILES string of the molecule is NCC1CCCC1NC(=O)CCCOc1ccccc1Cl. The van der Waals surface area contributed by atoms with Crippen molar-refractivity contribution in [3.05, 3.63) is 29.3 Å². The molecule has 1 aliphatic rings. The Morgan fingerprint density at radius 2 is 2.19 bits per heavy atom. The first-order valence-electron chi connectivity index (χ1n) is 7.57. The zero-order valence-corrected chi connectivity index (χ0v) is 12.9. The molecule has 1 aliphatic carbocycles. The number of halogens is 1. The zero-order chi connectivity index (χ0) is 15.1. The van der Waals surface area contributed by atoms with Crippen LogP contribution in [0.3, 0.4) is 0 Å². The van der Waals surface area contributed by atoms with E-state index in [9.17, 15) is 4.79 Å². The number of ether oxygens (including phenoxy) is 1. The lowest BCUT2D eigenvalue weighted by Crippen LogP contribution is -2.39. The van der Waals surface area contributed by atoms with Gasteiger partial charge in [0.25, 0.3) is 0 Å². The second kappa shape index (κ2) is 8.25. The van der Waals surface area contributed by atoms with Crippen molar-refractivity contribution >= 4 is 17.5 Å². The van der Waals surface area contributed by atoms with E-state index in [-0.39, 0.29) is 11.9 Å². The first-order valence-corrected chi connectivity index (χ1v) is 7.95. The summed E-state index contributed by atoms with van der Waals surface area (Å²) in [6.07, 6.45) is 4.47. The third-order valence-corrected chi connectivity index (χ3v) is 4.26. The Kier molecular flexibility index (Phi) is 6.33. The van der Waals surface area contributed by atoms with E-state index in [0.717, 1.165) is 19.3 Å². The molecule has 0 aliphatic heterocycles. The van der Waals surface area contributed by atoms with Crippen LogP contribution in [-0.4, -0.2) is 25.1 Å². The number of hydrogen-bond donors (Lipinski definition) is 2. The van der Waals surface area contributed by atoms with Gasteiger partial charge in [0.15, 0.2) is 0 Å². The molecule has 1 aromatic rings. The fourth-order valence-corrected chi connectivity index (χ4v) is 2.95. The number of nitrogens with two attached hydrogens (primary N) is 1. The van der Waals surface area contributed by atoms with Crippen LogP contribution in [0.25, 0.3) is 0 Å². The second-order valence-electron chi connectivity index (χ2n) is 5.48. The quantitative estimate of drug-likeness (QED) is 0.761. The Balaban J connectivity index is 1.64. The molecular weight excluding hydrogens is 288 g/mol. The van der Waals surface area contributed by atoms with Crippen LogP contribution in [0.2, 0.25) is 5.02 Å². The fourth-order valence-electron chi connectivity index (χ4n) is 2.76. The van der Waals surface area contributed by atoms with Gasteiger partial charge < -0.3 is 15.8 Å². The Labute approximate surface area is 131 Å². The molecule has 5 heteroatoms. The molecule has 2 unspecified atom stereocenters. The first-order chi connectivity index (χ1) is 10.2. The number of carbonyl (C=O) groups excluding carboxylic acids is 1. The lowest BCUT2D eigenvalue weighted by atomic mass is 10.0. The summed E-state index contributed by atoms with van der Waals surface area (Å²) >= 11 is 5.99. The van der Waals surface area contributed by atoms with Crippen LogP contribution < -0.4 is 15.8 Å². The van der Waals surface area contributed by atoms with Gasteiger partial charge in [0.1, 0.15) is 5.75 Å². The molecule has 1 amide bonds. The van der Waals surface area contributed by atoms with Crippen molar-refractivity contribution in [1.29, 1.82) is 0 Å². The van der Waals surface area contributed by atoms with Gasteiger partial charge in [-0.3, -0.25) is 4.79 Å². The van der Waals surface area contributed by atoms with Gasteiger partial charge in [-0.05, 0) is 43.9 Å². The number of amides is 1. The highest BCUT2D eigenvalue weighted by atomic mass is 35.5. The highest BCUT2D eigenvalue weighted by molar-refractivity contribution is 6.32. The molecule has 21 heavy (non-hydrogen) atoms. The number of nitrogens with one attached hydrogen (secondary N) is 1. The van der Waals surface area contributed by atoms with Crippen molar-refractivity contribution < 1.29 is 9.53 Å². The van der Waals surface area contributed by atoms with E-state index in [4.69, 9.17) is 22.1 Å². The van der Waals surface area contributed by atoms with E-state index in [1.165, 1.54) is 0 Å². The normalized spacial score (nSPS) is 21.2. The van der Waals surface area contributed by atoms with E-state index in [1.807, 2.05) is 18.2 Å². The van der Waals surface area contributed by atoms with Gasteiger partial charge in [0, 0.05) is 12.5 Å². The van der Waals surface area contributed by atoms with Crippen LogP contribution in [-0.2, 0) is 4.79 Å². The summed E-state index contributed by atoms with van der Waals surface area (Å²) < 4.78 is 5.57. The van der Waals surface area contributed by atoms with E-state index in [2.05, 4.69) is 5.32 Å². The molecule has 1 saturated carbocycles. The average molecular weight is 311 g/mol. The van der Waals surface area contributed by atoms with Crippen LogP contribution in [0, 0.1) is 5.92 Å². The molecule has 0 saturated heterocycles. The standard InChI is InChI=1S/C16H23ClN2O2/c17-13-6-1-2-8-15(13)21-10-4-9-16(20)19-14-7-3-5-12(14)11-18/h1-2,6,8,12,14H,3-5,7,9-11,18H2,(H,19,20). The maximum Gasteiger partial charge on any atom is 0.220 e. The van der Waals surface area contributed by atoms with Crippen molar-refractivity contribution in [2.24, 2.45) is 11.7 Å². The maximum atomic E-state index is 11.9. The molecule has 4 nitrogen and oxygen atoms in total. The molecule has 0 heterocycles. The van der Waals surface area contributed by atoms with Gasteiger partial charge in [0.2, 0.25) is 5.91 Å². The zero-order valence-electron chi connectivity index (χ0n) is 12.2. The van der Waals surface area contributed by atoms with Crippen molar-refractivity contribution in [2.75, 3.05) is 13.2 Å². The van der Waals surface area contributed by atoms with Crippen LogP contribution in [0.5, 0.6) is 5.75 Å². The Hall–Kier alpha value is -1.26. The van der Waals surface area contributed by atoms with Gasteiger partial charge in [-0.25, -0.2) is 0 Å². The largest absolute Gasteiger partial charge is 0.492 e. The molecule has 0 aromatic heterocycles. The van der Waals surface area contributed by atoms with Gasteiger partial charge in [0.05, 0.1) is 11.6 Å². The average Bonchev–Trinajstić information content (AvgIpc) is 2.92. The smallest absolute Gasteiger partial charge is 0.220 e. The molecule has 3 N–H and O–H groups in total. The monoisotopic (exact) mass is 310 g/mol. The summed E-state index contributed by atoms with van der Waals surface area (Å²) in [6.45, 7) is 1.14. The molecule has 1 aromatic carbocycles. The topological polar surface area (TPSA) is 64.3 Å². The molecule has 0 bridgehead atoms. The van der Waals surface area contributed by atoms with Crippen molar-refractivity contribution in [1.82, 2.24) is 5.32 Å². The van der Waals surface area contributed by atoms with Gasteiger partial charge >= 0.3 is 0 Å². The summed E-state index contributed by atoms with van der Waals surface area (Å²) in [6, 6.07) is 7.61. The van der Waals surface area contributed by atoms with Crippen molar-refractivity contribution in [3.63, 3.8) is 0 Å². The first kappa shape index (κ1) is 16.1. The summed E-state index contributed by atoms with van der Waals surface area (Å²) in [5.74, 6) is 1.19. The predicted molar refractivity (Wildman–Crippen MR) is 84.5 cm³/mol. The molecule has 2 atom stereocenters. The molecule has 1 fully saturated rings. The van der Waals surface area contributed by atoms with Gasteiger partial charge in [-0.1, -0.05) is 30.2 Å². The summed E-state index contributed by atoms with van der Waals surface area (Å²) in [5, 5.41) is 3.69. The minimum Gasteiger partial charge on any atom is -0.492 e. The molecular formula is C16H23ClN2O2. The third kappa shape index (κ3) is 4.90. The van der Waals surface area contributed by atoms with Crippen LogP contribution in [0.15, 0.2) is 24.3 Å². The molecule has 2 rings (SSSR count). The van der Waals surface area contributed by atoms with Crippen LogP contribution in [0.4, 0.5) is 0 Å². The lowest BCUT2D eigenvalue weighted by Gasteiger charge is -2.19. The third-order valence-electron chi connectivity index (χ3n) is 3.95. The minimum absolute atomic E-state index is 0.0862. The molecule has 0 spiro atoms. The lowest BCUT2D eigenvalue weighted by molar-refractivity contribution is -0.122. The summed E-state index contributed by atoms with van der Waals surface area (Å²) in [4.78, 5) is 11.9. The number of carbonyl (C=O) groups is 1. The maximum absolute atomic E-state index is 11.9.